The normalized spacial score (nSPS) is 10.6. The molecule has 10 heteroatoms. The SMILES string of the molecule is CCOc1cc(/C=N/NC(=O)C(=O)Nc2ccc(NC(C)=O)cc2)cc(Br)c1OCc1cccc(C)c1. The maximum absolute atomic E-state index is 12.2. The molecule has 0 fully saturated rings. The first kappa shape index (κ1) is 27.4. The molecule has 3 N–H and O–H groups in total. The van der Waals surface area contributed by atoms with Crippen LogP contribution in [0.1, 0.15) is 30.5 Å². The summed E-state index contributed by atoms with van der Waals surface area (Å²) in [7, 11) is 0. The molecule has 3 aromatic rings. The van der Waals surface area contributed by atoms with Crippen LogP contribution in [0.4, 0.5) is 11.4 Å². The monoisotopic (exact) mass is 566 g/mol. The fourth-order valence-electron chi connectivity index (χ4n) is 3.27. The third-order valence-electron chi connectivity index (χ3n) is 4.85. The molecule has 0 radical (unpaired) electrons. The van der Waals surface area contributed by atoms with Crippen LogP contribution in [0.15, 0.2) is 70.2 Å². The fraction of sp³-hybridized carbons (Fsp3) is 0.185. The first-order valence-corrected chi connectivity index (χ1v) is 12.2. The molecular weight excluding hydrogens is 540 g/mol. The summed E-state index contributed by atoms with van der Waals surface area (Å²) in [5.74, 6) is -0.977. The van der Waals surface area contributed by atoms with Crippen molar-refractivity contribution in [1.82, 2.24) is 5.43 Å². The molecule has 0 atom stereocenters. The number of halogens is 1. The summed E-state index contributed by atoms with van der Waals surface area (Å²) in [4.78, 5) is 35.4. The number of ether oxygens (including phenoxy) is 2. The van der Waals surface area contributed by atoms with E-state index in [1.54, 1.807) is 36.4 Å². The number of nitrogens with zero attached hydrogens (tertiary/aromatic N) is 1. The molecule has 0 aliphatic heterocycles. The van der Waals surface area contributed by atoms with Gasteiger partial charge in [0.25, 0.3) is 0 Å². The van der Waals surface area contributed by atoms with E-state index in [0.717, 1.165) is 11.1 Å². The average molecular weight is 567 g/mol. The summed E-state index contributed by atoms with van der Waals surface area (Å²) in [6.07, 6.45) is 1.39. The molecule has 0 aliphatic rings. The number of hydrogen-bond donors (Lipinski definition) is 3. The third-order valence-corrected chi connectivity index (χ3v) is 5.44. The summed E-state index contributed by atoms with van der Waals surface area (Å²) >= 11 is 3.51. The van der Waals surface area contributed by atoms with E-state index in [-0.39, 0.29) is 5.91 Å². The Hall–Kier alpha value is -4.18. The van der Waals surface area contributed by atoms with Crippen molar-refractivity contribution in [3.05, 3.63) is 81.8 Å². The van der Waals surface area contributed by atoms with Gasteiger partial charge in [-0.15, -0.1) is 0 Å². The molecular formula is C27H27BrN4O5. The van der Waals surface area contributed by atoms with Gasteiger partial charge in [0, 0.05) is 18.3 Å². The molecule has 0 spiro atoms. The second-order valence-corrected chi connectivity index (χ2v) is 8.81. The van der Waals surface area contributed by atoms with Crippen molar-refractivity contribution in [2.45, 2.75) is 27.4 Å². The quantitative estimate of drug-likeness (QED) is 0.195. The number of benzene rings is 3. The Morgan fingerprint density at radius 1 is 0.946 bits per heavy atom. The molecule has 3 rings (SSSR count). The lowest BCUT2D eigenvalue weighted by molar-refractivity contribution is -0.136. The number of rotatable bonds is 9. The Bertz CT molecular complexity index is 1310. The first-order chi connectivity index (χ1) is 17.7. The standard InChI is InChI=1S/C27H27BrN4O5/c1-4-36-24-14-20(13-23(28)25(24)37-16-19-7-5-6-17(2)12-19)15-29-32-27(35)26(34)31-22-10-8-21(9-11-22)30-18(3)33/h5-15H,4,16H2,1-3H3,(H,30,33)(H,31,34)(H,32,35)/b29-15+. The summed E-state index contributed by atoms with van der Waals surface area (Å²) in [5.41, 5.74) is 5.96. The highest BCUT2D eigenvalue weighted by molar-refractivity contribution is 9.10. The number of aryl methyl sites for hydroxylation is 1. The van der Waals surface area contributed by atoms with Crippen LogP contribution in [0, 0.1) is 6.92 Å². The number of hydrogen-bond acceptors (Lipinski definition) is 6. The van der Waals surface area contributed by atoms with Gasteiger partial charge in [0.15, 0.2) is 11.5 Å². The topological polar surface area (TPSA) is 118 Å². The van der Waals surface area contributed by atoms with Crippen LogP contribution in [0.25, 0.3) is 0 Å². The molecule has 0 heterocycles. The van der Waals surface area contributed by atoms with Crippen LogP contribution in [0.5, 0.6) is 11.5 Å². The number of nitrogens with one attached hydrogen (secondary N) is 3. The van der Waals surface area contributed by atoms with Gasteiger partial charge < -0.3 is 20.1 Å². The van der Waals surface area contributed by atoms with Gasteiger partial charge in [0.2, 0.25) is 5.91 Å². The maximum atomic E-state index is 12.2. The second-order valence-electron chi connectivity index (χ2n) is 7.95. The molecule has 0 aromatic heterocycles. The molecule has 0 saturated heterocycles. The Balaban J connectivity index is 1.61. The van der Waals surface area contributed by atoms with Gasteiger partial charge in [-0.05, 0) is 77.3 Å². The van der Waals surface area contributed by atoms with E-state index in [2.05, 4.69) is 43.2 Å². The van der Waals surface area contributed by atoms with Gasteiger partial charge in [-0.25, -0.2) is 5.43 Å². The van der Waals surface area contributed by atoms with Crippen LogP contribution in [0.3, 0.4) is 0 Å². The number of amides is 3. The van der Waals surface area contributed by atoms with Crippen LogP contribution in [0.2, 0.25) is 0 Å². The van der Waals surface area contributed by atoms with Crippen LogP contribution in [-0.2, 0) is 21.0 Å². The molecule has 3 aromatic carbocycles. The summed E-state index contributed by atoms with van der Waals surface area (Å²) in [6, 6.07) is 17.9. The van der Waals surface area contributed by atoms with Crippen molar-refractivity contribution < 1.29 is 23.9 Å². The van der Waals surface area contributed by atoms with E-state index in [4.69, 9.17) is 9.47 Å². The van der Waals surface area contributed by atoms with Crippen LogP contribution in [-0.4, -0.2) is 30.5 Å². The zero-order valence-electron chi connectivity index (χ0n) is 20.6. The third kappa shape index (κ3) is 8.46. The van der Waals surface area contributed by atoms with E-state index in [1.165, 1.54) is 13.1 Å². The minimum absolute atomic E-state index is 0.209. The van der Waals surface area contributed by atoms with Crippen molar-refractivity contribution in [3.8, 4) is 11.5 Å². The molecule has 37 heavy (non-hydrogen) atoms. The molecule has 0 unspecified atom stereocenters. The highest BCUT2D eigenvalue weighted by Gasteiger charge is 2.14. The van der Waals surface area contributed by atoms with Crippen molar-refractivity contribution in [1.29, 1.82) is 0 Å². The highest BCUT2D eigenvalue weighted by Crippen LogP contribution is 2.37. The van der Waals surface area contributed by atoms with Crippen molar-refractivity contribution in [2.75, 3.05) is 17.2 Å². The van der Waals surface area contributed by atoms with E-state index >= 15 is 0 Å². The number of hydrazone groups is 1. The smallest absolute Gasteiger partial charge is 0.329 e. The zero-order chi connectivity index (χ0) is 26.8. The van der Waals surface area contributed by atoms with Crippen molar-refractivity contribution >= 4 is 51.2 Å². The predicted octanol–water partition coefficient (Wildman–Crippen LogP) is 4.78. The van der Waals surface area contributed by atoms with Gasteiger partial charge in [0.05, 0.1) is 17.3 Å². The Labute approximate surface area is 223 Å². The van der Waals surface area contributed by atoms with Crippen molar-refractivity contribution in [3.63, 3.8) is 0 Å². The summed E-state index contributed by atoms with van der Waals surface area (Å²) in [5, 5.41) is 8.96. The summed E-state index contributed by atoms with van der Waals surface area (Å²) < 4.78 is 12.4. The van der Waals surface area contributed by atoms with E-state index < -0.39 is 11.8 Å². The van der Waals surface area contributed by atoms with Crippen molar-refractivity contribution in [2.24, 2.45) is 5.10 Å². The lowest BCUT2D eigenvalue weighted by Crippen LogP contribution is -2.32. The Morgan fingerprint density at radius 2 is 1.65 bits per heavy atom. The van der Waals surface area contributed by atoms with Gasteiger partial charge in [-0.2, -0.15) is 5.10 Å². The van der Waals surface area contributed by atoms with Gasteiger partial charge in [0.1, 0.15) is 6.61 Å². The Morgan fingerprint density at radius 3 is 2.30 bits per heavy atom. The number of carbonyl (C=O) groups excluding carboxylic acids is 3. The Kier molecular flexibility index (Phi) is 9.79. The largest absolute Gasteiger partial charge is 0.490 e. The molecule has 0 bridgehead atoms. The van der Waals surface area contributed by atoms with Gasteiger partial charge in [-0.3, -0.25) is 14.4 Å². The second kappa shape index (κ2) is 13.2. The van der Waals surface area contributed by atoms with E-state index in [0.29, 0.717) is 46.1 Å². The summed E-state index contributed by atoms with van der Waals surface area (Å²) in [6.45, 7) is 6.08. The van der Waals surface area contributed by atoms with Crippen LogP contribution >= 0.6 is 15.9 Å². The molecule has 192 valence electrons. The van der Waals surface area contributed by atoms with Crippen LogP contribution < -0.4 is 25.5 Å². The lowest BCUT2D eigenvalue weighted by atomic mass is 10.1. The van der Waals surface area contributed by atoms with Gasteiger partial charge in [-0.1, -0.05) is 29.8 Å². The molecule has 9 nitrogen and oxygen atoms in total. The fourth-order valence-corrected chi connectivity index (χ4v) is 3.84. The minimum atomic E-state index is -0.940. The maximum Gasteiger partial charge on any atom is 0.329 e. The van der Waals surface area contributed by atoms with Gasteiger partial charge >= 0.3 is 11.8 Å². The number of carbonyl (C=O) groups is 3. The molecule has 0 aliphatic carbocycles. The average Bonchev–Trinajstić information content (AvgIpc) is 2.84. The van der Waals surface area contributed by atoms with E-state index in [9.17, 15) is 14.4 Å². The highest BCUT2D eigenvalue weighted by atomic mass is 79.9. The molecule has 0 saturated carbocycles. The predicted molar refractivity (Wildman–Crippen MR) is 146 cm³/mol. The molecule has 3 amide bonds. The van der Waals surface area contributed by atoms with E-state index in [1.807, 2.05) is 32.0 Å². The lowest BCUT2D eigenvalue weighted by Gasteiger charge is -2.15. The zero-order valence-corrected chi connectivity index (χ0v) is 22.2. The first-order valence-electron chi connectivity index (χ1n) is 11.4. The minimum Gasteiger partial charge on any atom is -0.490 e. The number of anilines is 2.